The molecule has 0 aromatic carbocycles. The fourth-order valence-corrected chi connectivity index (χ4v) is 2.59. The fourth-order valence-electron chi connectivity index (χ4n) is 2.59. The largest absolute Gasteiger partial charge is 0.356 e. The Hall–Kier alpha value is -0.770. The first-order chi connectivity index (χ1) is 9.30. The van der Waals surface area contributed by atoms with Crippen molar-refractivity contribution in [3.05, 3.63) is 0 Å². The van der Waals surface area contributed by atoms with Crippen molar-refractivity contribution in [1.82, 2.24) is 15.5 Å². The molecule has 2 N–H and O–H groups in total. The van der Waals surface area contributed by atoms with Crippen molar-refractivity contribution in [2.75, 3.05) is 39.8 Å². The molecule has 0 saturated carbocycles. The van der Waals surface area contributed by atoms with E-state index in [1.807, 2.05) is 7.05 Å². The van der Waals surface area contributed by atoms with Crippen LogP contribution in [0.1, 0.15) is 46.0 Å². The van der Waals surface area contributed by atoms with Crippen LogP contribution in [0.25, 0.3) is 0 Å². The second-order valence-electron chi connectivity index (χ2n) is 5.45. The van der Waals surface area contributed by atoms with Crippen LogP contribution in [-0.2, 0) is 0 Å². The Labute approximate surface area is 119 Å². The Balaban J connectivity index is 2.09. The number of rotatable bonds is 7. The van der Waals surface area contributed by atoms with Gasteiger partial charge in [-0.2, -0.15) is 0 Å². The molecule has 4 nitrogen and oxygen atoms in total. The van der Waals surface area contributed by atoms with Gasteiger partial charge in [-0.3, -0.25) is 4.99 Å². The molecule has 1 saturated heterocycles. The molecule has 0 spiro atoms. The van der Waals surface area contributed by atoms with E-state index in [2.05, 4.69) is 34.4 Å². The predicted molar refractivity (Wildman–Crippen MR) is 83.7 cm³/mol. The zero-order chi connectivity index (χ0) is 13.9. The monoisotopic (exact) mass is 268 g/mol. The highest BCUT2D eigenvalue weighted by atomic mass is 15.2. The van der Waals surface area contributed by atoms with Crippen molar-refractivity contribution in [3.8, 4) is 0 Å². The quantitative estimate of drug-likeness (QED) is 0.422. The number of guanidine groups is 1. The molecule has 0 atom stereocenters. The lowest BCUT2D eigenvalue weighted by molar-refractivity contribution is 0.187. The van der Waals surface area contributed by atoms with Crippen LogP contribution in [0.15, 0.2) is 4.99 Å². The zero-order valence-corrected chi connectivity index (χ0v) is 13.0. The summed E-state index contributed by atoms with van der Waals surface area (Å²) in [7, 11) is 1.85. The van der Waals surface area contributed by atoms with E-state index in [0.29, 0.717) is 0 Å². The maximum Gasteiger partial charge on any atom is 0.190 e. The van der Waals surface area contributed by atoms with E-state index < -0.39 is 0 Å². The molecule has 1 heterocycles. The summed E-state index contributed by atoms with van der Waals surface area (Å²) in [6, 6.07) is 0. The highest BCUT2D eigenvalue weighted by Gasteiger charge is 2.17. The SMILES string of the molecule is CCCCNC(=NC)NCCC1CCN(CC)CC1. The normalized spacial score (nSPS) is 18.6. The summed E-state index contributed by atoms with van der Waals surface area (Å²) in [6.07, 6.45) is 6.41. The Morgan fingerprint density at radius 1 is 1.16 bits per heavy atom. The number of likely N-dealkylation sites (tertiary alicyclic amines) is 1. The van der Waals surface area contributed by atoms with Gasteiger partial charge in [0.25, 0.3) is 0 Å². The van der Waals surface area contributed by atoms with Gasteiger partial charge in [0, 0.05) is 20.1 Å². The highest BCUT2D eigenvalue weighted by molar-refractivity contribution is 5.79. The molecular formula is C15H32N4. The van der Waals surface area contributed by atoms with Crippen LogP contribution in [0.3, 0.4) is 0 Å². The van der Waals surface area contributed by atoms with Gasteiger partial charge in [-0.25, -0.2) is 0 Å². The maximum absolute atomic E-state index is 4.25. The number of nitrogens with zero attached hydrogens (tertiary/aromatic N) is 2. The summed E-state index contributed by atoms with van der Waals surface area (Å²) >= 11 is 0. The van der Waals surface area contributed by atoms with E-state index in [9.17, 15) is 0 Å². The molecule has 1 aliphatic rings. The second kappa shape index (κ2) is 10.1. The van der Waals surface area contributed by atoms with Crippen molar-refractivity contribution in [1.29, 1.82) is 0 Å². The van der Waals surface area contributed by atoms with E-state index in [4.69, 9.17) is 0 Å². The predicted octanol–water partition coefficient (Wildman–Crippen LogP) is 2.07. The summed E-state index contributed by atoms with van der Waals surface area (Å²) in [6.45, 7) is 10.3. The average Bonchev–Trinajstić information content (AvgIpc) is 2.46. The van der Waals surface area contributed by atoms with Gasteiger partial charge < -0.3 is 15.5 Å². The number of hydrogen-bond acceptors (Lipinski definition) is 2. The third-order valence-electron chi connectivity index (χ3n) is 4.05. The first kappa shape index (κ1) is 16.3. The number of nitrogens with one attached hydrogen (secondary N) is 2. The van der Waals surface area contributed by atoms with Crippen molar-refractivity contribution in [2.24, 2.45) is 10.9 Å². The molecule has 0 aromatic heterocycles. The average molecular weight is 268 g/mol. The van der Waals surface area contributed by atoms with E-state index in [1.165, 1.54) is 51.7 Å². The molecule has 19 heavy (non-hydrogen) atoms. The Morgan fingerprint density at radius 2 is 1.84 bits per heavy atom. The van der Waals surface area contributed by atoms with Crippen LogP contribution in [0.4, 0.5) is 0 Å². The first-order valence-corrected chi connectivity index (χ1v) is 7.97. The molecule has 0 aliphatic carbocycles. The standard InChI is InChI=1S/C15H32N4/c1-4-6-10-17-15(16-3)18-11-7-14-8-12-19(5-2)13-9-14/h14H,4-13H2,1-3H3,(H2,16,17,18). The van der Waals surface area contributed by atoms with Gasteiger partial charge in [0.15, 0.2) is 5.96 Å². The minimum atomic E-state index is 0.893. The Kier molecular flexibility index (Phi) is 8.63. The van der Waals surface area contributed by atoms with Crippen LogP contribution in [0, 0.1) is 5.92 Å². The van der Waals surface area contributed by atoms with E-state index in [1.54, 1.807) is 0 Å². The van der Waals surface area contributed by atoms with Crippen molar-refractivity contribution >= 4 is 5.96 Å². The van der Waals surface area contributed by atoms with Crippen LogP contribution in [-0.4, -0.2) is 50.6 Å². The summed E-state index contributed by atoms with van der Waals surface area (Å²) in [5, 5.41) is 6.78. The molecule has 1 aliphatic heterocycles. The molecule has 0 bridgehead atoms. The topological polar surface area (TPSA) is 39.7 Å². The molecule has 0 radical (unpaired) electrons. The second-order valence-corrected chi connectivity index (χ2v) is 5.45. The smallest absolute Gasteiger partial charge is 0.190 e. The van der Waals surface area contributed by atoms with Gasteiger partial charge in [-0.15, -0.1) is 0 Å². The molecule has 0 amide bonds. The lowest BCUT2D eigenvalue weighted by Crippen LogP contribution is -2.39. The minimum Gasteiger partial charge on any atom is -0.356 e. The van der Waals surface area contributed by atoms with Gasteiger partial charge in [0.1, 0.15) is 0 Å². The van der Waals surface area contributed by atoms with Crippen molar-refractivity contribution < 1.29 is 0 Å². The molecule has 1 fully saturated rings. The lowest BCUT2D eigenvalue weighted by atomic mass is 9.93. The molecule has 112 valence electrons. The lowest BCUT2D eigenvalue weighted by Gasteiger charge is -2.31. The van der Waals surface area contributed by atoms with Crippen LogP contribution < -0.4 is 10.6 Å². The number of piperidine rings is 1. The van der Waals surface area contributed by atoms with E-state index in [-0.39, 0.29) is 0 Å². The third-order valence-corrected chi connectivity index (χ3v) is 4.05. The fraction of sp³-hybridized carbons (Fsp3) is 0.933. The summed E-state index contributed by atoms with van der Waals surface area (Å²) in [5.74, 6) is 1.85. The van der Waals surface area contributed by atoms with Crippen molar-refractivity contribution in [3.63, 3.8) is 0 Å². The summed E-state index contributed by atoms with van der Waals surface area (Å²) in [5.41, 5.74) is 0. The van der Waals surface area contributed by atoms with Gasteiger partial charge in [0.2, 0.25) is 0 Å². The minimum absolute atomic E-state index is 0.893. The zero-order valence-electron chi connectivity index (χ0n) is 13.0. The molecule has 4 heteroatoms. The van der Waals surface area contributed by atoms with Gasteiger partial charge in [0.05, 0.1) is 0 Å². The molecule has 0 aromatic rings. The Morgan fingerprint density at radius 3 is 2.42 bits per heavy atom. The van der Waals surface area contributed by atoms with E-state index >= 15 is 0 Å². The van der Waals surface area contributed by atoms with Crippen LogP contribution >= 0.6 is 0 Å². The van der Waals surface area contributed by atoms with Gasteiger partial charge >= 0.3 is 0 Å². The van der Waals surface area contributed by atoms with Gasteiger partial charge in [-0.1, -0.05) is 20.3 Å². The molecule has 0 unspecified atom stereocenters. The molecule has 1 rings (SSSR count). The molecular weight excluding hydrogens is 236 g/mol. The van der Waals surface area contributed by atoms with E-state index in [0.717, 1.165) is 25.0 Å². The number of aliphatic imine (C=N–C) groups is 1. The first-order valence-electron chi connectivity index (χ1n) is 7.97. The third kappa shape index (κ3) is 6.81. The highest BCUT2D eigenvalue weighted by Crippen LogP contribution is 2.19. The van der Waals surface area contributed by atoms with Crippen LogP contribution in [0.5, 0.6) is 0 Å². The summed E-state index contributed by atoms with van der Waals surface area (Å²) < 4.78 is 0. The number of unbranched alkanes of at least 4 members (excludes halogenated alkanes) is 1. The van der Waals surface area contributed by atoms with Gasteiger partial charge in [-0.05, 0) is 51.2 Å². The maximum atomic E-state index is 4.25. The van der Waals surface area contributed by atoms with Crippen molar-refractivity contribution in [2.45, 2.75) is 46.0 Å². The summed E-state index contributed by atoms with van der Waals surface area (Å²) in [4.78, 5) is 6.80. The van der Waals surface area contributed by atoms with Crippen LogP contribution in [0.2, 0.25) is 0 Å². The Bertz CT molecular complexity index is 245. The number of hydrogen-bond donors (Lipinski definition) is 2.